The van der Waals surface area contributed by atoms with E-state index in [2.05, 4.69) is 74.3 Å². The van der Waals surface area contributed by atoms with Gasteiger partial charge in [0.25, 0.3) is 0 Å². The zero-order valence-corrected chi connectivity index (χ0v) is 11.1. The Bertz CT molecular complexity index is 418. The molecule has 1 nitrogen and oxygen atoms in total. The molecule has 1 radical (unpaired) electrons. The Morgan fingerprint density at radius 3 is 1.39 bits per heavy atom. The molecule has 93 valence electrons. The van der Waals surface area contributed by atoms with Crippen LogP contribution in [0.3, 0.4) is 0 Å². The molecule has 0 saturated carbocycles. The van der Waals surface area contributed by atoms with Crippen molar-refractivity contribution in [3.8, 4) is 0 Å². The third-order valence-corrected chi connectivity index (χ3v) is 3.56. The summed E-state index contributed by atoms with van der Waals surface area (Å²) in [6, 6.07) is 21.6. The molecule has 2 aromatic carbocycles. The fourth-order valence-corrected chi connectivity index (χ4v) is 2.18. The number of nitrogens with zero attached hydrogens (tertiary/aromatic N) is 1. The zero-order chi connectivity index (χ0) is 13.0. The lowest BCUT2D eigenvalue weighted by atomic mass is 10.0. The molecule has 0 fully saturated rings. The first-order valence-corrected chi connectivity index (χ1v) is 6.39. The van der Waals surface area contributed by atoms with E-state index < -0.39 is 0 Å². The van der Waals surface area contributed by atoms with Crippen molar-refractivity contribution in [1.29, 1.82) is 0 Å². The van der Waals surface area contributed by atoms with E-state index in [1.54, 1.807) is 0 Å². The predicted molar refractivity (Wildman–Crippen MR) is 76.9 cm³/mol. The molecule has 0 aliphatic carbocycles. The first kappa shape index (κ1) is 12.8. The smallest absolute Gasteiger partial charge is 0.0326 e. The van der Waals surface area contributed by atoms with Gasteiger partial charge in [-0.1, -0.05) is 60.7 Å². The van der Waals surface area contributed by atoms with Gasteiger partial charge >= 0.3 is 0 Å². The van der Waals surface area contributed by atoms with Gasteiger partial charge in [0, 0.05) is 19.1 Å². The van der Waals surface area contributed by atoms with Gasteiger partial charge in [-0.3, -0.25) is 4.90 Å². The van der Waals surface area contributed by atoms with E-state index in [0.717, 1.165) is 0 Å². The molecule has 0 amide bonds. The van der Waals surface area contributed by atoms with Gasteiger partial charge in [0.2, 0.25) is 0 Å². The molecule has 2 aromatic rings. The summed E-state index contributed by atoms with van der Waals surface area (Å²) in [6.07, 6.45) is 0. The Hall–Kier alpha value is -1.60. The maximum Gasteiger partial charge on any atom is 0.0326 e. The number of benzene rings is 2. The fourth-order valence-electron chi connectivity index (χ4n) is 2.18. The summed E-state index contributed by atoms with van der Waals surface area (Å²) in [5.74, 6) is 0. The highest BCUT2D eigenvalue weighted by atomic mass is 15.1. The van der Waals surface area contributed by atoms with Crippen molar-refractivity contribution in [1.82, 2.24) is 4.90 Å². The predicted octanol–water partition coefficient (Wildman–Crippen LogP) is 4.60. The highest BCUT2D eigenvalue weighted by Crippen LogP contribution is 2.28. The van der Waals surface area contributed by atoms with Crippen LogP contribution in [0.5, 0.6) is 0 Å². The van der Waals surface area contributed by atoms with Crippen molar-refractivity contribution in [3.63, 3.8) is 0 Å². The van der Waals surface area contributed by atoms with Crippen molar-refractivity contribution in [2.75, 3.05) is 0 Å². The molecule has 0 aliphatic rings. The normalized spacial score (nSPS) is 14.4. The van der Waals surface area contributed by atoms with Crippen LogP contribution in [-0.4, -0.2) is 4.90 Å². The molecule has 0 aromatic heterocycles. The van der Waals surface area contributed by atoms with E-state index in [4.69, 9.17) is 0 Å². The Kier molecular flexibility index (Phi) is 4.16. The number of hydrogen-bond acceptors (Lipinski definition) is 1. The Balaban J connectivity index is 2.14. The summed E-state index contributed by atoms with van der Waals surface area (Å²) in [5, 5.41) is 0. The number of rotatable bonds is 4. The third-order valence-electron chi connectivity index (χ3n) is 3.56. The second kappa shape index (κ2) is 5.83. The summed E-state index contributed by atoms with van der Waals surface area (Å²) < 4.78 is 0. The van der Waals surface area contributed by atoms with Crippen LogP contribution in [0.2, 0.25) is 0 Å². The van der Waals surface area contributed by atoms with E-state index in [1.165, 1.54) is 11.1 Å². The average Bonchev–Trinajstić information content (AvgIpc) is 2.47. The van der Waals surface area contributed by atoms with Crippen LogP contribution in [-0.2, 0) is 0 Å². The molecule has 0 spiro atoms. The summed E-state index contributed by atoms with van der Waals surface area (Å²) in [5.41, 5.74) is 2.60. The van der Waals surface area contributed by atoms with E-state index >= 15 is 0 Å². The Labute approximate surface area is 110 Å². The molecule has 2 rings (SSSR count). The summed E-state index contributed by atoms with van der Waals surface area (Å²) >= 11 is 0. The average molecular weight is 238 g/mol. The topological polar surface area (TPSA) is 3.24 Å². The fraction of sp³-hybridized carbons (Fsp3) is 0.235. The molecule has 0 N–H and O–H groups in total. The van der Waals surface area contributed by atoms with Gasteiger partial charge in [0.15, 0.2) is 0 Å². The molecule has 1 heteroatoms. The molecular weight excluding hydrogens is 218 g/mol. The van der Waals surface area contributed by atoms with E-state index in [0.29, 0.717) is 12.1 Å². The zero-order valence-electron chi connectivity index (χ0n) is 11.1. The van der Waals surface area contributed by atoms with E-state index in [1.807, 2.05) is 12.1 Å². The lowest BCUT2D eigenvalue weighted by Crippen LogP contribution is -2.23. The van der Waals surface area contributed by atoms with Crippen molar-refractivity contribution in [2.45, 2.75) is 25.9 Å². The molecule has 0 bridgehead atoms. The molecule has 0 heterocycles. The van der Waals surface area contributed by atoms with E-state index in [9.17, 15) is 0 Å². The van der Waals surface area contributed by atoms with Crippen LogP contribution >= 0.6 is 0 Å². The largest absolute Gasteiger partial charge is 0.289 e. The van der Waals surface area contributed by atoms with Gasteiger partial charge in [-0.25, -0.2) is 0 Å². The van der Waals surface area contributed by atoms with Crippen LogP contribution in [0.25, 0.3) is 0 Å². The number of hydrogen-bond donors (Lipinski definition) is 0. The van der Waals surface area contributed by atoms with Gasteiger partial charge < -0.3 is 0 Å². The lowest BCUT2D eigenvalue weighted by Gasteiger charge is -2.31. The van der Waals surface area contributed by atoms with Crippen molar-refractivity contribution in [2.24, 2.45) is 0 Å². The summed E-state index contributed by atoms with van der Waals surface area (Å²) in [6.45, 7) is 4.39. The molecule has 0 saturated heterocycles. The molecule has 0 unspecified atom stereocenters. The van der Waals surface area contributed by atoms with Crippen LogP contribution < -0.4 is 0 Å². The van der Waals surface area contributed by atoms with Crippen LogP contribution in [0.4, 0.5) is 0 Å². The summed E-state index contributed by atoms with van der Waals surface area (Å²) in [4.78, 5) is 2.16. The highest BCUT2D eigenvalue weighted by molar-refractivity contribution is 5.22. The highest BCUT2D eigenvalue weighted by Gasteiger charge is 2.18. The third kappa shape index (κ3) is 2.80. The van der Waals surface area contributed by atoms with E-state index in [-0.39, 0.29) is 0 Å². The maximum absolute atomic E-state index is 4.22. The monoisotopic (exact) mass is 238 g/mol. The standard InChI is InChI=1S/C17H20N/c1-14(16-10-6-4-7-11-16)18(3)15(2)17-12-8-5-9-13-17/h4-15H,3H2,1-2H3/t14-,15-/m0/s1. The van der Waals surface area contributed by atoms with Crippen LogP contribution in [0.1, 0.15) is 37.1 Å². The van der Waals surface area contributed by atoms with Crippen molar-refractivity contribution < 1.29 is 0 Å². The lowest BCUT2D eigenvalue weighted by molar-refractivity contribution is 0.228. The van der Waals surface area contributed by atoms with Crippen molar-refractivity contribution >= 4 is 0 Å². The van der Waals surface area contributed by atoms with Gasteiger partial charge in [-0.05, 0) is 25.0 Å². The Morgan fingerprint density at radius 2 is 1.06 bits per heavy atom. The van der Waals surface area contributed by atoms with Crippen molar-refractivity contribution in [3.05, 3.63) is 78.8 Å². The van der Waals surface area contributed by atoms with Gasteiger partial charge in [-0.2, -0.15) is 0 Å². The van der Waals surface area contributed by atoms with Crippen LogP contribution in [0.15, 0.2) is 60.7 Å². The van der Waals surface area contributed by atoms with Gasteiger partial charge in [0.1, 0.15) is 0 Å². The second-order valence-corrected chi connectivity index (χ2v) is 4.69. The second-order valence-electron chi connectivity index (χ2n) is 4.69. The molecular formula is C17H20N. The minimum absolute atomic E-state index is 0.307. The van der Waals surface area contributed by atoms with Gasteiger partial charge in [0.05, 0.1) is 0 Å². The maximum atomic E-state index is 4.22. The first-order valence-electron chi connectivity index (χ1n) is 6.39. The Morgan fingerprint density at radius 1 is 0.722 bits per heavy atom. The summed E-state index contributed by atoms with van der Waals surface area (Å²) in [7, 11) is 4.22. The SMILES string of the molecule is [CH2]N([C@@H](C)c1ccccc1)[C@@H](C)c1ccccc1. The molecule has 2 atom stereocenters. The quantitative estimate of drug-likeness (QED) is 0.752. The van der Waals surface area contributed by atoms with Crippen LogP contribution in [0, 0.1) is 7.05 Å². The minimum atomic E-state index is 0.307. The molecule has 18 heavy (non-hydrogen) atoms. The first-order chi connectivity index (χ1) is 8.70. The molecule has 0 aliphatic heterocycles. The minimum Gasteiger partial charge on any atom is -0.289 e. The van der Waals surface area contributed by atoms with Gasteiger partial charge in [-0.15, -0.1) is 0 Å².